The zero-order valence-corrected chi connectivity index (χ0v) is 29.6. The first-order chi connectivity index (χ1) is 20.9. The minimum atomic E-state index is -1.45. The first-order valence-electron chi connectivity index (χ1n) is 16.5. The summed E-state index contributed by atoms with van der Waals surface area (Å²) in [5, 5.41) is 11.3. The summed E-state index contributed by atoms with van der Waals surface area (Å²) in [6.45, 7) is 16.9. The molecule has 260 valence electrons. The number of amides is 1. The molecule has 3 heterocycles. The number of methoxy groups -OCH3 is 1. The van der Waals surface area contributed by atoms with Gasteiger partial charge in [-0.1, -0.05) is 13.8 Å². The fraction of sp³-hybridized carbons (Fsp3) is 0.909. The summed E-state index contributed by atoms with van der Waals surface area (Å²) in [6.07, 6.45) is -1.70. The molecule has 3 fully saturated rings. The first kappa shape index (κ1) is 37.8. The molecule has 0 unspecified atom stereocenters. The van der Waals surface area contributed by atoms with Crippen molar-refractivity contribution in [1.82, 2.24) is 19.6 Å². The van der Waals surface area contributed by atoms with E-state index in [1.54, 1.807) is 34.8 Å². The number of aliphatic hydroxyl groups excluding tert-OH is 1. The smallest absolute Gasteiger partial charge is 0.319 e. The number of hydrogen-bond donors (Lipinski definition) is 1. The van der Waals surface area contributed by atoms with E-state index in [0.717, 1.165) is 13.1 Å². The van der Waals surface area contributed by atoms with Gasteiger partial charge in [-0.05, 0) is 67.6 Å². The maximum Gasteiger partial charge on any atom is 0.319 e. The van der Waals surface area contributed by atoms with E-state index in [2.05, 4.69) is 16.7 Å². The quantitative estimate of drug-likeness (QED) is 0.336. The number of carbonyl (C=O) groups excluding carboxylic acids is 3. The predicted molar refractivity (Wildman–Crippen MR) is 171 cm³/mol. The number of ether oxygens (including phenoxy) is 4. The van der Waals surface area contributed by atoms with Crippen LogP contribution in [-0.2, 0) is 33.3 Å². The number of hydrogen-bond acceptors (Lipinski definition) is 11. The van der Waals surface area contributed by atoms with Crippen LogP contribution in [0.2, 0.25) is 0 Å². The molecule has 12 nitrogen and oxygen atoms in total. The Balaban J connectivity index is 1.92. The van der Waals surface area contributed by atoms with Gasteiger partial charge in [-0.3, -0.25) is 24.2 Å². The van der Waals surface area contributed by atoms with Gasteiger partial charge >= 0.3 is 5.97 Å². The monoisotopic (exact) mass is 640 g/mol. The molecule has 1 N–H and O–H groups in total. The van der Waals surface area contributed by atoms with Gasteiger partial charge in [0.2, 0.25) is 5.91 Å². The van der Waals surface area contributed by atoms with E-state index in [9.17, 15) is 19.5 Å². The molecule has 1 amide bonds. The van der Waals surface area contributed by atoms with Gasteiger partial charge in [-0.15, -0.1) is 0 Å². The number of likely N-dealkylation sites (N-methyl/N-ethyl adjacent to an activating group) is 2. The normalized spacial score (nSPS) is 38.3. The van der Waals surface area contributed by atoms with Crippen molar-refractivity contribution in [3.8, 4) is 0 Å². The Morgan fingerprint density at radius 1 is 1.09 bits per heavy atom. The standard InChI is InChI=1S/C33H60N4O8/c1-21-17-33(7,42-11)29(45-30-27(39)26(34(8)9)16-22(2)44-30)23(3)28(40)32(5,6)31(41)43-20-25(35(10)18-21)19-36-12-14-37(15-13-36)24(4)38/h21-23,25-27,29-30,39H,12-20H2,1-11H3/t21-,22-,23+,25+,26+,27-,29-,30+,33-/m1/s1. The van der Waals surface area contributed by atoms with E-state index >= 15 is 0 Å². The molecule has 0 aliphatic carbocycles. The Morgan fingerprint density at radius 2 is 1.71 bits per heavy atom. The first-order valence-corrected chi connectivity index (χ1v) is 16.5. The SMILES string of the molecule is CO[C@]1(C)C[C@@H](C)CN(C)[C@@H](CN2CCN(C(C)=O)CC2)COC(=O)C(C)(C)C(=O)[C@H](C)[C@H]1O[C@@H]1O[C@H](C)C[C@H](N(C)C)[C@H]1O. The van der Waals surface area contributed by atoms with Gasteiger partial charge in [0.1, 0.15) is 18.1 Å². The number of Topliss-reactive ketones (excluding diaryl/α,β-unsaturated/α-hetero) is 1. The number of aliphatic hydroxyl groups is 1. The van der Waals surface area contributed by atoms with Crippen LogP contribution in [0.15, 0.2) is 0 Å². The largest absolute Gasteiger partial charge is 0.463 e. The Labute approximate surface area is 270 Å². The lowest BCUT2D eigenvalue weighted by molar-refractivity contribution is -0.295. The van der Waals surface area contributed by atoms with Crippen LogP contribution < -0.4 is 0 Å². The Kier molecular flexibility index (Phi) is 13.0. The van der Waals surface area contributed by atoms with E-state index in [4.69, 9.17) is 18.9 Å². The molecule has 3 aliphatic rings. The van der Waals surface area contributed by atoms with Crippen LogP contribution in [0.4, 0.5) is 0 Å². The molecule has 3 rings (SSSR count). The topological polar surface area (TPSA) is 121 Å². The number of piperazine rings is 1. The number of cyclic esters (lactones) is 1. The van der Waals surface area contributed by atoms with Crippen molar-refractivity contribution in [3.63, 3.8) is 0 Å². The summed E-state index contributed by atoms with van der Waals surface area (Å²) >= 11 is 0. The highest BCUT2D eigenvalue weighted by Crippen LogP contribution is 2.38. The molecule has 0 saturated carbocycles. The van der Waals surface area contributed by atoms with Crippen LogP contribution in [0.5, 0.6) is 0 Å². The van der Waals surface area contributed by atoms with Crippen LogP contribution >= 0.6 is 0 Å². The molecular weight excluding hydrogens is 580 g/mol. The summed E-state index contributed by atoms with van der Waals surface area (Å²) in [5.41, 5.74) is -2.39. The number of esters is 1. The molecule has 3 aliphatic heterocycles. The van der Waals surface area contributed by atoms with E-state index < -0.39 is 41.4 Å². The van der Waals surface area contributed by atoms with Crippen molar-refractivity contribution in [2.24, 2.45) is 17.3 Å². The second kappa shape index (κ2) is 15.5. The van der Waals surface area contributed by atoms with Gasteiger partial charge in [0, 0.05) is 65.3 Å². The zero-order valence-electron chi connectivity index (χ0n) is 29.6. The summed E-state index contributed by atoms with van der Waals surface area (Å²) in [7, 11) is 7.48. The van der Waals surface area contributed by atoms with Crippen molar-refractivity contribution >= 4 is 17.7 Å². The summed E-state index contributed by atoms with van der Waals surface area (Å²) in [6, 6.07) is -0.296. The van der Waals surface area contributed by atoms with Crippen LogP contribution in [0, 0.1) is 17.3 Å². The minimum absolute atomic E-state index is 0.0813. The average molecular weight is 641 g/mol. The molecule has 0 spiro atoms. The maximum absolute atomic E-state index is 14.2. The lowest BCUT2D eigenvalue weighted by atomic mass is 9.74. The number of carbonyl (C=O) groups is 3. The molecule has 0 radical (unpaired) electrons. The highest BCUT2D eigenvalue weighted by atomic mass is 16.7. The molecule has 12 heteroatoms. The molecule has 0 aromatic carbocycles. The average Bonchev–Trinajstić information content (AvgIpc) is 2.97. The second-order valence-corrected chi connectivity index (χ2v) is 14.7. The third kappa shape index (κ3) is 9.03. The van der Waals surface area contributed by atoms with Gasteiger partial charge < -0.3 is 33.9 Å². The fourth-order valence-corrected chi connectivity index (χ4v) is 7.32. The molecule has 0 aromatic rings. The molecule has 0 aromatic heterocycles. The van der Waals surface area contributed by atoms with Gasteiger partial charge in [0.05, 0.1) is 23.9 Å². The van der Waals surface area contributed by atoms with Crippen LogP contribution in [-0.4, -0.2) is 159 Å². The Bertz CT molecular complexity index is 1020. The lowest BCUT2D eigenvalue weighted by Crippen LogP contribution is -2.59. The van der Waals surface area contributed by atoms with Crippen molar-refractivity contribution in [1.29, 1.82) is 0 Å². The van der Waals surface area contributed by atoms with Gasteiger partial charge in [-0.25, -0.2) is 0 Å². The second-order valence-electron chi connectivity index (χ2n) is 14.7. The van der Waals surface area contributed by atoms with Crippen LogP contribution in [0.3, 0.4) is 0 Å². The van der Waals surface area contributed by atoms with E-state index in [1.165, 1.54) is 0 Å². The van der Waals surface area contributed by atoms with E-state index in [-0.39, 0.29) is 42.4 Å². The minimum Gasteiger partial charge on any atom is -0.463 e. The molecular formula is C33H60N4O8. The zero-order chi connectivity index (χ0) is 33.9. The fourth-order valence-electron chi connectivity index (χ4n) is 7.32. The summed E-state index contributed by atoms with van der Waals surface area (Å²) < 4.78 is 24.9. The van der Waals surface area contributed by atoms with Crippen molar-refractivity contribution in [2.75, 3.05) is 74.1 Å². The summed E-state index contributed by atoms with van der Waals surface area (Å²) in [4.78, 5) is 47.9. The van der Waals surface area contributed by atoms with Crippen molar-refractivity contribution in [3.05, 3.63) is 0 Å². The molecule has 9 atom stereocenters. The number of nitrogens with zero attached hydrogens (tertiary/aromatic N) is 4. The van der Waals surface area contributed by atoms with Crippen LogP contribution in [0.25, 0.3) is 0 Å². The number of rotatable bonds is 6. The van der Waals surface area contributed by atoms with Gasteiger partial charge in [0.15, 0.2) is 12.1 Å². The van der Waals surface area contributed by atoms with Crippen molar-refractivity contribution < 1.29 is 38.4 Å². The van der Waals surface area contributed by atoms with Gasteiger partial charge in [-0.2, -0.15) is 0 Å². The molecule has 0 bridgehead atoms. The highest BCUT2D eigenvalue weighted by Gasteiger charge is 2.51. The van der Waals surface area contributed by atoms with E-state index in [0.29, 0.717) is 39.0 Å². The Morgan fingerprint density at radius 3 is 2.27 bits per heavy atom. The lowest BCUT2D eigenvalue weighted by Gasteiger charge is -2.47. The third-order valence-corrected chi connectivity index (χ3v) is 10.3. The van der Waals surface area contributed by atoms with Crippen molar-refractivity contribution in [2.45, 2.75) is 104 Å². The molecule has 45 heavy (non-hydrogen) atoms. The van der Waals surface area contributed by atoms with Gasteiger partial charge in [0.25, 0.3) is 0 Å². The molecule has 3 saturated heterocycles. The Hall–Kier alpha value is -1.67. The predicted octanol–water partition coefficient (Wildman–Crippen LogP) is 1.48. The third-order valence-electron chi connectivity index (χ3n) is 10.3. The van der Waals surface area contributed by atoms with Crippen LogP contribution in [0.1, 0.15) is 61.3 Å². The highest BCUT2D eigenvalue weighted by molar-refractivity contribution is 6.04. The maximum atomic E-state index is 14.2. The number of ketones is 1. The summed E-state index contributed by atoms with van der Waals surface area (Å²) in [5.74, 6) is -1.49. The van der Waals surface area contributed by atoms with E-state index in [1.807, 2.05) is 44.8 Å².